The average Bonchev–Trinajstić information content (AvgIpc) is 3.47. The van der Waals surface area contributed by atoms with E-state index >= 15 is 0 Å². The summed E-state index contributed by atoms with van der Waals surface area (Å²) in [4.78, 5) is 42.8. The lowest BCUT2D eigenvalue weighted by atomic mass is 9.63. The van der Waals surface area contributed by atoms with Crippen LogP contribution < -0.4 is 18.9 Å². The molecule has 1 radical (unpaired) electrons. The van der Waals surface area contributed by atoms with Crippen LogP contribution in [0.1, 0.15) is 40.5 Å². The summed E-state index contributed by atoms with van der Waals surface area (Å²) in [5, 5.41) is 1.21. The summed E-state index contributed by atoms with van der Waals surface area (Å²) in [7, 11) is 7.71. The molecule has 1 N–H and O–H groups in total. The summed E-state index contributed by atoms with van der Waals surface area (Å²) in [5.41, 5.74) is 3.83. The van der Waals surface area contributed by atoms with Crippen molar-refractivity contribution in [1.29, 1.82) is 0 Å². The molecule has 3 aliphatic rings. The third kappa shape index (κ3) is 6.86. The zero-order chi connectivity index (χ0) is 34.7. The minimum absolute atomic E-state index is 0.0170. The highest BCUT2D eigenvalue weighted by Gasteiger charge is 2.54. The largest absolute Gasteiger partial charge is 0.497 e. The number of aromatic nitrogens is 1. The van der Waals surface area contributed by atoms with Gasteiger partial charge in [0.25, 0.3) is 0 Å². The summed E-state index contributed by atoms with van der Waals surface area (Å²) in [6.07, 6.45) is 0.920. The van der Waals surface area contributed by atoms with E-state index in [2.05, 4.69) is 16.0 Å². The third-order valence-electron chi connectivity index (χ3n) is 9.76. The van der Waals surface area contributed by atoms with Crippen LogP contribution in [0.25, 0.3) is 10.9 Å². The number of rotatable bonds is 8. The molecule has 2 fully saturated rings. The van der Waals surface area contributed by atoms with Gasteiger partial charge in [-0.2, -0.15) is 0 Å². The number of nitrogens with zero attached hydrogens (tertiary/aromatic N) is 1. The van der Waals surface area contributed by atoms with Crippen molar-refractivity contribution in [3.63, 3.8) is 0 Å². The zero-order valence-electron chi connectivity index (χ0n) is 29.0. The Balaban J connectivity index is 0.00000107. The number of hydrogen-bond acceptors (Lipinski definition) is 10. The molecule has 12 nitrogen and oxygen atoms in total. The van der Waals surface area contributed by atoms with Crippen LogP contribution >= 0.6 is 0 Å². The predicted octanol–water partition coefficient (Wildman–Crippen LogP) is 4.57. The number of nitrogens with one attached hydrogen (secondary N) is 1. The molecule has 1 saturated carbocycles. The van der Waals surface area contributed by atoms with Crippen molar-refractivity contribution in [1.82, 2.24) is 9.88 Å². The quantitative estimate of drug-likeness (QED) is 0.266. The number of esters is 2. The fraction of sp³-hybridized carbons (Fsp3) is 0.543. The van der Waals surface area contributed by atoms with Gasteiger partial charge in [-0.3, -0.25) is 9.69 Å². The number of methoxy groups -OCH3 is 6. The van der Waals surface area contributed by atoms with E-state index in [0.717, 1.165) is 37.2 Å². The Hall–Kier alpha value is -3.78. The van der Waals surface area contributed by atoms with Crippen LogP contribution in [0, 0.1) is 17.8 Å². The molecule has 6 rings (SSSR count). The van der Waals surface area contributed by atoms with E-state index in [4.69, 9.17) is 33.2 Å². The second-order valence-electron chi connectivity index (χ2n) is 12.7. The molecule has 3 aromatic rings. The molecule has 0 spiro atoms. The van der Waals surface area contributed by atoms with Gasteiger partial charge < -0.3 is 42.9 Å². The van der Waals surface area contributed by atoms with Crippen molar-refractivity contribution in [3.8, 4) is 23.0 Å². The second-order valence-corrected chi connectivity index (χ2v) is 14.8. The molecule has 0 unspecified atom stereocenters. The van der Waals surface area contributed by atoms with Crippen molar-refractivity contribution < 1.29 is 47.5 Å². The molecule has 0 amide bonds. The lowest BCUT2D eigenvalue weighted by Crippen LogP contribution is -2.58. The Kier molecular flexibility index (Phi) is 11.2. The van der Waals surface area contributed by atoms with Crippen LogP contribution in [-0.4, -0.2) is 98.8 Å². The van der Waals surface area contributed by atoms with Gasteiger partial charge in [-0.25, -0.2) is 4.79 Å². The van der Waals surface area contributed by atoms with Crippen molar-refractivity contribution in [2.24, 2.45) is 17.8 Å². The average molecular weight is 684 g/mol. The van der Waals surface area contributed by atoms with Gasteiger partial charge in [0.15, 0.2) is 11.5 Å². The van der Waals surface area contributed by atoms with Crippen molar-refractivity contribution in [2.45, 2.75) is 50.6 Å². The summed E-state index contributed by atoms with van der Waals surface area (Å²) in [6.45, 7) is 5.18. The standard InChI is InChI=1S/C33H40N2O9.C2H7OSi/c1-38-19-7-8-20-21-9-10-35-16-18-13-27(44-32(36)17-11-25(39-2)30(41-4)26(12-17)40-3)31(42-5)28(33(37)43-6)22(18)15-24(35)29(21)34-23(20)14-19;1-4(2)3/h7-8,11-12,14,18,22,24,27-28,31,34H,9-10,13,15-16H2,1-6H3;4H,1-2H3/t18-,22+,24-,27-,28+,31+;/m1./s1. The Morgan fingerprint density at radius 1 is 0.917 bits per heavy atom. The number of aromatic amines is 1. The first kappa shape index (κ1) is 35.5. The predicted molar refractivity (Wildman–Crippen MR) is 180 cm³/mol. The molecule has 2 aliphatic heterocycles. The van der Waals surface area contributed by atoms with Gasteiger partial charge in [-0.1, -0.05) is 0 Å². The normalized spacial score (nSPS) is 24.7. The van der Waals surface area contributed by atoms with Crippen molar-refractivity contribution in [3.05, 3.63) is 47.2 Å². The van der Waals surface area contributed by atoms with Gasteiger partial charge in [-0.05, 0) is 74.0 Å². The van der Waals surface area contributed by atoms with Gasteiger partial charge in [0, 0.05) is 42.9 Å². The highest BCUT2D eigenvalue weighted by atomic mass is 28.3. The van der Waals surface area contributed by atoms with Crippen LogP contribution in [0.3, 0.4) is 0 Å². The number of benzene rings is 2. The van der Waals surface area contributed by atoms with Crippen molar-refractivity contribution in [2.75, 3.05) is 55.7 Å². The number of carbonyl (C=O) groups excluding carboxylic acids is 2. The van der Waals surface area contributed by atoms with E-state index in [-0.39, 0.29) is 29.4 Å². The maximum atomic E-state index is 13.5. The van der Waals surface area contributed by atoms with Crippen LogP contribution in [-0.2, 0) is 30.2 Å². The summed E-state index contributed by atoms with van der Waals surface area (Å²) in [6, 6.07) is 9.40. The Bertz CT molecular complexity index is 1580. The van der Waals surface area contributed by atoms with Gasteiger partial charge in [0.2, 0.25) is 14.8 Å². The molecule has 48 heavy (non-hydrogen) atoms. The number of piperidine rings is 1. The monoisotopic (exact) mass is 683 g/mol. The zero-order valence-corrected chi connectivity index (χ0v) is 30.1. The molecule has 261 valence electrons. The summed E-state index contributed by atoms with van der Waals surface area (Å²) < 4.78 is 39.1. The van der Waals surface area contributed by atoms with Crippen LogP contribution in [0.15, 0.2) is 30.3 Å². The Labute approximate surface area is 283 Å². The van der Waals surface area contributed by atoms with Crippen LogP contribution in [0.4, 0.5) is 0 Å². The van der Waals surface area contributed by atoms with E-state index in [1.807, 2.05) is 12.1 Å². The van der Waals surface area contributed by atoms with Crippen LogP contribution in [0.5, 0.6) is 23.0 Å². The molecule has 0 bridgehead atoms. The van der Waals surface area contributed by atoms with Gasteiger partial charge in [0.1, 0.15) is 18.0 Å². The van der Waals surface area contributed by atoms with Gasteiger partial charge >= 0.3 is 11.9 Å². The molecule has 1 aromatic heterocycles. The summed E-state index contributed by atoms with van der Waals surface area (Å²) >= 11 is 0. The first-order valence-corrected chi connectivity index (χ1v) is 19.1. The van der Waals surface area contributed by atoms with Gasteiger partial charge in [0.05, 0.1) is 53.1 Å². The molecule has 3 heterocycles. The lowest BCUT2D eigenvalue weighted by Gasteiger charge is -2.52. The third-order valence-corrected chi connectivity index (χ3v) is 9.76. The first-order valence-electron chi connectivity index (χ1n) is 16.3. The topological polar surface area (TPSA) is 138 Å². The number of hydrogen-bond donors (Lipinski definition) is 1. The van der Waals surface area contributed by atoms with Crippen molar-refractivity contribution >= 4 is 31.9 Å². The highest BCUT2D eigenvalue weighted by Crippen LogP contribution is 2.51. The second kappa shape index (κ2) is 15.2. The molecular weight excluding hydrogens is 636 g/mol. The Morgan fingerprint density at radius 3 is 2.19 bits per heavy atom. The fourth-order valence-electron chi connectivity index (χ4n) is 7.76. The number of ether oxygens (including phenoxy) is 7. The molecule has 13 heteroatoms. The molecule has 1 saturated heterocycles. The molecular formula is C35H47N2O10Si. The minimum Gasteiger partial charge on any atom is -0.497 e. The highest BCUT2D eigenvalue weighted by molar-refractivity contribution is 6.46. The number of H-pyrrole nitrogens is 1. The number of carbonyl (C=O) groups is 2. The van der Waals surface area contributed by atoms with E-state index < -0.39 is 33.1 Å². The van der Waals surface area contributed by atoms with Crippen LogP contribution in [0.2, 0.25) is 13.1 Å². The fourth-order valence-corrected chi connectivity index (χ4v) is 7.76. The van der Waals surface area contributed by atoms with E-state index in [9.17, 15) is 14.4 Å². The molecule has 6 atom stereocenters. The SMILES string of the molecule is COC(=O)[C@H]1[C@H]2C[C@@H]3c4[nH]c5cc(OC)ccc5c4CCN3C[C@H]2C[C@@H](OC(=O)c2cc(OC)c(OC)c(OC)c2)[C@@H]1OC.C[SiH](C)[O]. The number of fused-ring (bicyclic) bond motifs is 6. The van der Waals surface area contributed by atoms with Gasteiger partial charge in [-0.15, -0.1) is 0 Å². The molecule has 2 aromatic carbocycles. The summed E-state index contributed by atoms with van der Waals surface area (Å²) in [5.74, 6) is 0.441. The maximum Gasteiger partial charge on any atom is 0.338 e. The van der Waals surface area contributed by atoms with E-state index in [0.29, 0.717) is 23.7 Å². The minimum atomic E-state index is -1.39. The van der Waals surface area contributed by atoms with E-state index in [1.165, 1.54) is 45.1 Å². The molecule has 1 aliphatic carbocycles. The smallest absolute Gasteiger partial charge is 0.338 e. The Morgan fingerprint density at radius 2 is 1.60 bits per heavy atom. The maximum absolute atomic E-state index is 13.5. The lowest BCUT2D eigenvalue weighted by molar-refractivity contribution is -0.176. The first-order chi connectivity index (χ1) is 23.1. The van der Waals surface area contributed by atoms with E-state index in [1.54, 1.807) is 39.4 Å².